The zero-order valence-electron chi connectivity index (χ0n) is 12.7. The van der Waals surface area contributed by atoms with Crippen LogP contribution < -0.4 is 5.32 Å². The van der Waals surface area contributed by atoms with Gasteiger partial charge in [0.25, 0.3) is 0 Å². The number of carbonyl (C=O) groups is 1. The first-order chi connectivity index (χ1) is 9.49. The number of rotatable bonds is 7. The molecule has 0 aromatic rings. The minimum absolute atomic E-state index is 0.285. The Morgan fingerprint density at radius 3 is 2.90 bits per heavy atom. The zero-order chi connectivity index (χ0) is 14.6. The first kappa shape index (κ1) is 15.7. The summed E-state index contributed by atoms with van der Waals surface area (Å²) in [6.45, 7) is 7.75. The third-order valence-electron chi connectivity index (χ3n) is 4.26. The van der Waals surface area contributed by atoms with Gasteiger partial charge in [-0.25, -0.2) is 0 Å². The molecule has 0 amide bonds. The summed E-state index contributed by atoms with van der Waals surface area (Å²) in [7, 11) is 0. The molecule has 1 aliphatic carbocycles. The Morgan fingerprint density at radius 1 is 1.50 bits per heavy atom. The lowest BCUT2D eigenvalue weighted by atomic mass is 9.95. The van der Waals surface area contributed by atoms with Crippen LogP contribution in [-0.4, -0.2) is 59.9 Å². The molecule has 2 N–H and O–H groups in total. The van der Waals surface area contributed by atoms with Crippen LogP contribution in [0.5, 0.6) is 0 Å². The van der Waals surface area contributed by atoms with Gasteiger partial charge in [-0.15, -0.1) is 0 Å². The number of hydrogen-bond acceptors (Lipinski definition) is 4. The van der Waals surface area contributed by atoms with Crippen molar-refractivity contribution in [2.24, 2.45) is 0 Å². The average molecular weight is 284 g/mol. The van der Waals surface area contributed by atoms with E-state index in [1.54, 1.807) is 0 Å². The minimum Gasteiger partial charge on any atom is -0.480 e. The second kappa shape index (κ2) is 6.87. The van der Waals surface area contributed by atoms with Gasteiger partial charge in [0.2, 0.25) is 0 Å². The third kappa shape index (κ3) is 4.72. The SMILES string of the molecule is CC1CN(CCCC(C)(NC2CC2)C(=O)O)CCCO1. The highest BCUT2D eigenvalue weighted by Crippen LogP contribution is 2.25. The van der Waals surface area contributed by atoms with E-state index in [9.17, 15) is 9.90 Å². The van der Waals surface area contributed by atoms with E-state index in [0.717, 1.165) is 51.9 Å². The topological polar surface area (TPSA) is 61.8 Å². The summed E-state index contributed by atoms with van der Waals surface area (Å²) >= 11 is 0. The van der Waals surface area contributed by atoms with Crippen molar-refractivity contribution >= 4 is 5.97 Å². The molecular weight excluding hydrogens is 256 g/mol. The summed E-state index contributed by atoms with van der Waals surface area (Å²) in [5, 5.41) is 12.7. The van der Waals surface area contributed by atoms with Crippen molar-refractivity contribution in [1.82, 2.24) is 10.2 Å². The fourth-order valence-electron chi connectivity index (χ4n) is 2.86. The predicted octanol–water partition coefficient (Wildman–Crippen LogP) is 1.47. The molecule has 0 bridgehead atoms. The second-order valence-electron chi connectivity index (χ2n) is 6.49. The van der Waals surface area contributed by atoms with Crippen molar-refractivity contribution < 1.29 is 14.6 Å². The Balaban J connectivity index is 1.75. The van der Waals surface area contributed by atoms with Gasteiger partial charge in [0.1, 0.15) is 5.54 Å². The van der Waals surface area contributed by atoms with E-state index in [2.05, 4.69) is 17.1 Å². The molecule has 1 saturated heterocycles. The van der Waals surface area contributed by atoms with E-state index in [0.29, 0.717) is 12.5 Å². The van der Waals surface area contributed by atoms with Crippen LogP contribution in [0.1, 0.15) is 46.0 Å². The van der Waals surface area contributed by atoms with E-state index in [-0.39, 0.29) is 6.10 Å². The van der Waals surface area contributed by atoms with Crippen LogP contribution >= 0.6 is 0 Å². The van der Waals surface area contributed by atoms with Crippen LogP contribution in [0.15, 0.2) is 0 Å². The maximum atomic E-state index is 11.5. The van der Waals surface area contributed by atoms with Crippen LogP contribution in [0.3, 0.4) is 0 Å². The molecule has 1 aliphatic heterocycles. The molecule has 2 unspecified atom stereocenters. The molecule has 20 heavy (non-hydrogen) atoms. The molecular formula is C15H28N2O3. The largest absolute Gasteiger partial charge is 0.480 e. The molecule has 2 aliphatic rings. The van der Waals surface area contributed by atoms with Crippen molar-refractivity contribution in [1.29, 1.82) is 0 Å². The highest BCUT2D eigenvalue weighted by Gasteiger charge is 2.38. The first-order valence-corrected chi connectivity index (χ1v) is 7.85. The lowest BCUT2D eigenvalue weighted by Crippen LogP contribution is -2.51. The van der Waals surface area contributed by atoms with E-state index < -0.39 is 11.5 Å². The van der Waals surface area contributed by atoms with Gasteiger partial charge in [-0.2, -0.15) is 0 Å². The first-order valence-electron chi connectivity index (χ1n) is 7.85. The monoisotopic (exact) mass is 284 g/mol. The number of hydrogen-bond donors (Lipinski definition) is 2. The van der Waals surface area contributed by atoms with Crippen molar-refractivity contribution in [2.45, 2.75) is 63.6 Å². The minimum atomic E-state index is -0.769. The maximum absolute atomic E-state index is 11.5. The molecule has 2 atom stereocenters. The Kier molecular flexibility index (Phi) is 5.41. The summed E-state index contributed by atoms with van der Waals surface area (Å²) < 4.78 is 5.63. The number of aliphatic carboxylic acids is 1. The normalized spacial score (nSPS) is 27.8. The van der Waals surface area contributed by atoms with Crippen LogP contribution in [-0.2, 0) is 9.53 Å². The smallest absolute Gasteiger partial charge is 0.323 e. The summed E-state index contributed by atoms with van der Waals surface area (Å²) in [4.78, 5) is 13.9. The Bertz CT molecular complexity index is 333. The summed E-state index contributed by atoms with van der Waals surface area (Å²) in [5.74, 6) is -0.725. The number of carboxylic acid groups (broad SMARTS) is 1. The van der Waals surface area contributed by atoms with Gasteiger partial charge in [-0.05, 0) is 52.5 Å². The van der Waals surface area contributed by atoms with E-state index in [1.165, 1.54) is 0 Å². The van der Waals surface area contributed by atoms with E-state index in [1.807, 2.05) is 6.92 Å². The van der Waals surface area contributed by atoms with Crippen LogP contribution in [0.4, 0.5) is 0 Å². The van der Waals surface area contributed by atoms with E-state index in [4.69, 9.17) is 4.74 Å². The van der Waals surface area contributed by atoms with Crippen molar-refractivity contribution in [2.75, 3.05) is 26.2 Å². The number of nitrogens with one attached hydrogen (secondary N) is 1. The molecule has 116 valence electrons. The molecule has 2 rings (SSSR count). The number of carboxylic acids is 1. The molecule has 5 heteroatoms. The average Bonchev–Trinajstić information content (AvgIpc) is 3.18. The van der Waals surface area contributed by atoms with Gasteiger partial charge < -0.3 is 14.7 Å². The Labute approximate surface area is 121 Å². The Hall–Kier alpha value is -0.650. The lowest BCUT2D eigenvalue weighted by molar-refractivity contribution is -0.144. The maximum Gasteiger partial charge on any atom is 0.323 e. The number of nitrogens with zero attached hydrogens (tertiary/aromatic N) is 1. The standard InChI is InChI=1S/C15H28N2O3/c1-12-11-17(9-4-10-20-12)8-3-7-15(2,14(18)19)16-13-5-6-13/h12-13,16H,3-11H2,1-2H3,(H,18,19). The lowest BCUT2D eigenvalue weighted by Gasteiger charge is -2.28. The summed E-state index contributed by atoms with van der Waals surface area (Å²) in [6.07, 6.45) is 5.18. The second-order valence-corrected chi connectivity index (χ2v) is 6.49. The summed E-state index contributed by atoms with van der Waals surface area (Å²) in [5.41, 5.74) is -0.769. The quantitative estimate of drug-likeness (QED) is 0.741. The highest BCUT2D eigenvalue weighted by atomic mass is 16.5. The van der Waals surface area contributed by atoms with Gasteiger partial charge in [-0.3, -0.25) is 10.1 Å². The molecule has 0 spiro atoms. The van der Waals surface area contributed by atoms with Gasteiger partial charge >= 0.3 is 5.97 Å². The Morgan fingerprint density at radius 2 is 2.25 bits per heavy atom. The van der Waals surface area contributed by atoms with E-state index >= 15 is 0 Å². The van der Waals surface area contributed by atoms with Crippen molar-refractivity contribution in [3.05, 3.63) is 0 Å². The summed E-state index contributed by atoms with van der Waals surface area (Å²) in [6, 6.07) is 0.419. The molecule has 2 fully saturated rings. The van der Waals surface area contributed by atoms with Crippen LogP contribution in [0, 0.1) is 0 Å². The fraction of sp³-hybridized carbons (Fsp3) is 0.933. The van der Waals surface area contributed by atoms with Crippen LogP contribution in [0.25, 0.3) is 0 Å². The molecule has 0 radical (unpaired) electrons. The van der Waals surface area contributed by atoms with Gasteiger partial charge in [0, 0.05) is 25.7 Å². The van der Waals surface area contributed by atoms with Crippen molar-refractivity contribution in [3.63, 3.8) is 0 Å². The van der Waals surface area contributed by atoms with Gasteiger partial charge in [0.15, 0.2) is 0 Å². The van der Waals surface area contributed by atoms with Crippen molar-refractivity contribution in [3.8, 4) is 0 Å². The van der Waals surface area contributed by atoms with Gasteiger partial charge in [0.05, 0.1) is 6.10 Å². The molecule has 5 nitrogen and oxygen atoms in total. The molecule has 0 aromatic carbocycles. The number of ether oxygens (including phenoxy) is 1. The predicted molar refractivity (Wildman–Crippen MR) is 77.9 cm³/mol. The molecule has 0 aromatic heterocycles. The van der Waals surface area contributed by atoms with Crippen LogP contribution in [0.2, 0.25) is 0 Å². The zero-order valence-corrected chi connectivity index (χ0v) is 12.7. The fourth-order valence-corrected chi connectivity index (χ4v) is 2.86. The molecule has 1 saturated carbocycles. The molecule has 1 heterocycles. The highest BCUT2D eigenvalue weighted by molar-refractivity contribution is 5.78. The third-order valence-corrected chi connectivity index (χ3v) is 4.26. The van der Waals surface area contributed by atoms with Gasteiger partial charge in [-0.1, -0.05) is 0 Å².